The second-order valence-electron chi connectivity index (χ2n) is 8.08. The number of benzene rings is 3. The number of halogens is 1. The van der Waals surface area contributed by atoms with Crippen LogP contribution in [0.5, 0.6) is 23.0 Å². The Hall–Kier alpha value is -2.51. The molecule has 3 aromatic carbocycles. The van der Waals surface area contributed by atoms with Crippen LogP contribution in [-0.2, 0) is 11.2 Å². The number of hydrogen-bond donors (Lipinski definition) is 0. The van der Waals surface area contributed by atoms with E-state index in [2.05, 4.69) is 0 Å². The number of Topliss-reactive ketones (excluding diaryl/α,β-unsaturated/α-hetero) is 1. The standard InChI is InChI=1S/C27H25ClO6.Na/c1-32-19-9-5-17(6-10-19)3-2-4-24(29)18-7-11-20(12-8-18)34-26-16-25-22(15-23(26)28)21(27(30)31)13-14-33-25;/h5-12,15-16,21H,2-4,13-14H2,1H3,(H,30,31);/q;+1/p-1. The molecule has 0 saturated carbocycles. The van der Waals surface area contributed by atoms with E-state index in [1.54, 1.807) is 43.5 Å². The number of carboxylic acids is 1. The van der Waals surface area contributed by atoms with Gasteiger partial charge in [-0.2, -0.15) is 0 Å². The molecule has 0 fully saturated rings. The van der Waals surface area contributed by atoms with Crippen LogP contribution >= 0.6 is 11.6 Å². The van der Waals surface area contributed by atoms with E-state index in [1.165, 1.54) is 0 Å². The molecule has 0 spiro atoms. The molecule has 1 unspecified atom stereocenters. The molecule has 0 radical (unpaired) electrons. The van der Waals surface area contributed by atoms with Gasteiger partial charge in [0.1, 0.15) is 23.0 Å². The maximum atomic E-state index is 12.6. The van der Waals surface area contributed by atoms with Gasteiger partial charge in [-0.15, -0.1) is 0 Å². The molecule has 1 atom stereocenters. The Kier molecular flexibility index (Phi) is 9.63. The van der Waals surface area contributed by atoms with Gasteiger partial charge in [0.25, 0.3) is 0 Å². The van der Waals surface area contributed by atoms with Crippen LogP contribution < -0.4 is 48.9 Å². The Morgan fingerprint density at radius 1 is 1.06 bits per heavy atom. The molecule has 6 nitrogen and oxygen atoms in total. The molecular formula is C27H24ClNaO6. The SMILES string of the molecule is COc1ccc(CCCC(=O)c2ccc(Oc3cc4c(cc3Cl)C(C(=O)[O-])CCO4)cc2)cc1.[Na+]. The summed E-state index contributed by atoms with van der Waals surface area (Å²) in [7, 11) is 1.63. The number of aryl methyl sites for hydroxylation is 1. The molecule has 1 aliphatic rings. The predicted molar refractivity (Wildman–Crippen MR) is 126 cm³/mol. The van der Waals surface area contributed by atoms with Crippen molar-refractivity contribution in [1.82, 2.24) is 0 Å². The number of carbonyl (C=O) groups is 2. The minimum atomic E-state index is -1.15. The molecule has 176 valence electrons. The smallest absolute Gasteiger partial charge is 0.549 e. The van der Waals surface area contributed by atoms with Gasteiger partial charge in [-0.1, -0.05) is 23.7 Å². The van der Waals surface area contributed by atoms with E-state index in [0.717, 1.165) is 24.2 Å². The molecule has 0 bridgehead atoms. The van der Waals surface area contributed by atoms with Gasteiger partial charge in [-0.3, -0.25) is 4.79 Å². The largest absolute Gasteiger partial charge is 1.00 e. The van der Waals surface area contributed by atoms with Crippen molar-refractivity contribution in [2.75, 3.05) is 13.7 Å². The van der Waals surface area contributed by atoms with Crippen molar-refractivity contribution in [2.45, 2.75) is 31.6 Å². The molecule has 0 N–H and O–H groups in total. The van der Waals surface area contributed by atoms with E-state index < -0.39 is 11.9 Å². The number of methoxy groups -OCH3 is 1. The average molecular weight is 503 g/mol. The topological polar surface area (TPSA) is 84.9 Å². The van der Waals surface area contributed by atoms with E-state index in [4.69, 9.17) is 25.8 Å². The van der Waals surface area contributed by atoms with Gasteiger partial charge in [-0.25, -0.2) is 0 Å². The summed E-state index contributed by atoms with van der Waals surface area (Å²) >= 11 is 6.33. The first-order chi connectivity index (χ1) is 16.4. The number of ether oxygens (including phenoxy) is 3. The number of hydrogen-bond acceptors (Lipinski definition) is 6. The van der Waals surface area contributed by atoms with E-state index in [9.17, 15) is 14.7 Å². The summed E-state index contributed by atoms with van der Waals surface area (Å²) in [5.41, 5.74) is 2.26. The minimum absolute atomic E-state index is 0. The molecular weight excluding hydrogens is 479 g/mol. The Morgan fingerprint density at radius 2 is 1.74 bits per heavy atom. The van der Waals surface area contributed by atoms with Crippen LogP contribution in [0.15, 0.2) is 60.7 Å². The molecule has 3 aromatic rings. The monoisotopic (exact) mass is 502 g/mol. The third kappa shape index (κ3) is 6.79. The third-order valence-electron chi connectivity index (χ3n) is 5.82. The van der Waals surface area contributed by atoms with Gasteiger partial charge in [0, 0.05) is 35.5 Å². The predicted octanol–water partition coefficient (Wildman–Crippen LogP) is 1.97. The summed E-state index contributed by atoms with van der Waals surface area (Å²) in [4.78, 5) is 23.9. The number of ketones is 1. The fraction of sp³-hybridized carbons (Fsp3) is 0.259. The Balaban J connectivity index is 0.00000342. The van der Waals surface area contributed by atoms with Crippen molar-refractivity contribution in [3.63, 3.8) is 0 Å². The van der Waals surface area contributed by atoms with Gasteiger partial charge in [0.05, 0.1) is 18.7 Å². The van der Waals surface area contributed by atoms with Crippen LogP contribution in [0, 0.1) is 0 Å². The van der Waals surface area contributed by atoms with Crippen LogP contribution in [0.4, 0.5) is 0 Å². The van der Waals surface area contributed by atoms with Crippen LogP contribution in [0.25, 0.3) is 0 Å². The normalized spacial score (nSPS) is 14.2. The summed E-state index contributed by atoms with van der Waals surface area (Å²) in [6.07, 6.45) is 2.34. The third-order valence-corrected chi connectivity index (χ3v) is 6.12. The van der Waals surface area contributed by atoms with Gasteiger partial charge < -0.3 is 24.1 Å². The molecule has 0 aromatic heterocycles. The van der Waals surface area contributed by atoms with Gasteiger partial charge in [0.15, 0.2) is 5.78 Å². The van der Waals surface area contributed by atoms with Gasteiger partial charge >= 0.3 is 29.6 Å². The molecule has 1 aliphatic heterocycles. The Morgan fingerprint density at radius 3 is 2.40 bits per heavy atom. The van der Waals surface area contributed by atoms with E-state index in [1.807, 2.05) is 24.3 Å². The summed E-state index contributed by atoms with van der Waals surface area (Å²) in [6.45, 7) is 0.280. The summed E-state index contributed by atoms with van der Waals surface area (Å²) in [5.74, 6) is 0.232. The minimum Gasteiger partial charge on any atom is -0.549 e. The van der Waals surface area contributed by atoms with Crippen LogP contribution in [0.1, 0.15) is 46.7 Å². The molecule has 8 heteroatoms. The van der Waals surface area contributed by atoms with Crippen LogP contribution in [0.2, 0.25) is 5.02 Å². The number of carbonyl (C=O) groups excluding carboxylic acids is 2. The van der Waals surface area contributed by atoms with Crippen molar-refractivity contribution in [3.8, 4) is 23.0 Å². The van der Waals surface area contributed by atoms with Crippen molar-refractivity contribution >= 4 is 23.4 Å². The number of aliphatic carboxylic acids is 1. The first-order valence-corrected chi connectivity index (χ1v) is 11.4. The molecule has 0 saturated heterocycles. The van der Waals surface area contributed by atoms with Crippen LogP contribution in [0.3, 0.4) is 0 Å². The van der Waals surface area contributed by atoms with Crippen LogP contribution in [-0.4, -0.2) is 25.5 Å². The number of fused-ring (bicyclic) bond motifs is 1. The fourth-order valence-corrected chi connectivity index (χ4v) is 4.15. The van der Waals surface area contributed by atoms with Crippen molar-refractivity contribution < 1.29 is 58.5 Å². The number of carboxylic acid groups (broad SMARTS) is 1. The van der Waals surface area contributed by atoms with Crippen molar-refractivity contribution in [1.29, 1.82) is 0 Å². The fourth-order valence-electron chi connectivity index (χ4n) is 3.94. The second kappa shape index (κ2) is 12.5. The summed E-state index contributed by atoms with van der Waals surface area (Å²) < 4.78 is 16.6. The summed E-state index contributed by atoms with van der Waals surface area (Å²) in [5, 5.41) is 11.7. The molecule has 35 heavy (non-hydrogen) atoms. The molecule has 1 heterocycles. The maximum Gasteiger partial charge on any atom is 1.00 e. The van der Waals surface area contributed by atoms with E-state index >= 15 is 0 Å². The maximum absolute atomic E-state index is 12.6. The number of rotatable bonds is 9. The molecule has 0 amide bonds. The second-order valence-corrected chi connectivity index (χ2v) is 8.49. The van der Waals surface area contributed by atoms with Gasteiger partial charge in [0.2, 0.25) is 0 Å². The Bertz CT molecular complexity index is 1180. The molecule has 4 rings (SSSR count). The van der Waals surface area contributed by atoms with E-state index in [0.29, 0.717) is 41.2 Å². The van der Waals surface area contributed by atoms with Crippen molar-refractivity contribution in [2.24, 2.45) is 0 Å². The van der Waals surface area contributed by atoms with Gasteiger partial charge in [-0.05, 0) is 67.3 Å². The quantitative estimate of drug-likeness (QED) is 0.328. The van der Waals surface area contributed by atoms with E-state index in [-0.39, 0.29) is 47.0 Å². The average Bonchev–Trinajstić information content (AvgIpc) is 2.85. The molecule has 0 aliphatic carbocycles. The Labute approximate surface area is 231 Å². The summed E-state index contributed by atoms with van der Waals surface area (Å²) in [6, 6.07) is 17.8. The first kappa shape index (κ1) is 27.1. The zero-order valence-corrected chi connectivity index (χ0v) is 22.5. The van der Waals surface area contributed by atoms with Crippen molar-refractivity contribution in [3.05, 3.63) is 82.4 Å². The first-order valence-electron chi connectivity index (χ1n) is 11.1. The zero-order valence-electron chi connectivity index (χ0n) is 19.7. The zero-order chi connectivity index (χ0) is 24.1.